The SMILES string of the molecule is CCCC1CCC(NCC2(C)CCCCC2)CC1. The Morgan fingerprint density at radius 1 is 1.00 bits per heavy atom. The fraction of sp³-hybridized carbons (Fsp3) is 1.00. The van der Waals surface area contributed by atoms with Crippen molar-refractivity contribution in [2.24, 2.45) is 11.3 Å². The molecule has 106 valence electrons. The predicted molar refractivity (Wildman–Crippen MR) is 79.8 cm³/mol. The molecule has 2 aliphatic rings. The van der Waals surface area contributed by atoms with Crippen molar-refractivity contribution in [3.63, 3.8) is 0 Å². The van der Waals surface area contributed by atoms with Gasteiger partial charge in [0.05, 0.1) is 0 Å². The second kappa shape index (κ2) is 6.93. The van der Waals surface area contributed by atoms with Crippen LogP contribution in [-0.4, -0.2) is 12.6 Å². The van der Waals surface area contributed by atoms with Crippen LogP contribution >= 0.6 is 0 Å². The van der Waals surface area contributed by atoms with Gasteiger partial charge < -0.3 is 5.32 Å². The Labute approximate surface area is 114 Å². The van der Waals surface area contributed by atoms with Crippen LogP contribution in [0.1, 0.15) is 84.5 Å². The molecule has 1 heteroatoms. The van der Waals surface area contributed by atoms with Crippen molar-refractivity contribution < 1.29 is 0 Å². The van der Waals surface area contributed by atoms with E-state index in [0.717, 1.165) is 12.0 Å². The van der Waals surface area contributed by atoms with Crippen molar-refractivity contribution in [3.05, 3.63) is 0 Å². The number of hydrogen-bond donors (Lipinski definition) is 1. The maximum atomic E-state index is 3.89. The van der Waals surface area contributed by atoms with Crippen LogP contribution in [0.4, 0.5) is 0 Å². The monoisotopic (exact) mass is 251 g/mol. The Balaban J connectivity index is 1.65. The predicted octanol–water partition coefficient (Wildman–Crippen LogP) is 4.91. The summed E-state index contributed by atoms with van der Waals surface area (Å²) in [6.07, 6.45) is 15.9. The highest BCUT2D eigenvalue weighted by molar-refractivity contribution is 4.84. The Morgan fingerprint density at radius 2 is 1.67 bits per heavy atom. The minimum absolute atomic E-state index is 0.610. The summed E-state index contributed by atoms with van der Waals surface area (Å²) in [5.41, 5.74) is 0.610. The molecule has 0 aromatic carbocycles. The molecule has 2 saturated carbocycles. The van der Waals surface area contributed by atoms with Crippen LogP contribution in [0.25, 0.3) is 0 Å². The number of hydrogen-bond acceptors (Lipinski definition) is 1. The molecule has 0 radical (unpaired) electrons. The lowest BCUT2D eigenvalue weighted by atomic mass is 9.75. The molecule has 0 aliphatic heterocycles. The van der Waals surface area contributed by atoms with Gasteiger partial charge >= 0.3 is 0 Å². The van der Waals surface area contributed by atoms with E-state index in [0.29, 0.717) is 5.41 Å². The molecule has 2 aliphatic carbocycles. The van der Waals surface area contributed by atoms with Gasteiger partial charge in [-0.1, -0.05) is 46.0 Å². The van der Waals surface area contributed by atoms with Crippen LogP contribution in [0.5, 0.6) is 0 Å². The second-order valence-corrected chi connectivity index (χ2v) is 7.26. The molecule has 2 rings (SSSR count). The van der Waals surface area contributed by atoms with Gasteiger partial charge in [0.15, 0.2) is 0 Å². The topological polar surface area (TPSA) is 12.0 Å². The molecule has 0 unspecified atom stereocenters. The van der Waals surface area contributed by atoms with E-state index in [-0.39, 0.29) is 0 Å². The largest absolute Gasteiger partial charge is 0.313 e. The lowest BCUT2D eigenvalue weighted by Crippen LogP contribution is -2.41. The molecule has 0 atom stereocenters. The maximum absolute atomic E-state index is 3.89. The molecule has 1 nitrogen and oxygen atoms in total. The first-order valence-electron chi connectivity index (χ1n) is 8.45. The first-order valence-corrected chi connectivity index (χ1v) is 8.45. The lowest BCUT2D eigenvalue weighted by Gasteiger charge is -2.37. The van der Waals surface area contributed by atoms with E-state index >= 15 is 0 Å². The second-order valence-electron chi connectivity index (χ2n) is 7.26. The van der Waals surface area contributed by atoms with Crippen LogP contribution in [0.3, 0.4) is 0 Å². The molecule has 1 N–H and O–H groups in total. The minimum Gasteiger partial charge on any atom is -0.313 e. The van der Waals surface area contributed by atoms with Gasteiger partial charge in [-0.05, 0) is 49.9 Å². The van der Waals surface area contributed by atoms with Crippen LogP contribution < -0.4 is 5.32 Å². The average Bonchev–Trinajstić information content (AvgIpc) is 2.39. The highest BCUT2D eigenvalue weighted by Crippen LogP contribution is 2.35. The summed E-state index contributed by atoms with van der Waals surface area (Å²) in [6.45, 7) is 6.10. The first kappa shape index (κ1) is 14.4. The van der Waals surface area contributed by atoms with Crippen LogP contribution in [0.15, 0.2) is 0 Å². The van der Waals surface area contributed by atoms with Gasteiger partial charge in [0.2, 0.25) is 0 Å². The third kappa shape index (κ3) is 4.26. The van der Waals surface area contributed by atoms with Crippen LogP contribution in [0, 0.1) is 11.3 Å². The van der Waals surface area contributed by atoms with Gasteiger partial charge in [-0.15, -0.1) is 0 Å². The van der Waals surface area contributed by atoms with Crippen molar-refractivity contribution in [1.82, 2.24) is 5.32 Å². The Kier molecular flexibility index (Phi) is 5.54. The molecule has 0 aromatic heterocycles. The maximum Gasteiger partial charge on any atom is 0.00674 e. The zero-order chi connectivity index (χ0) is 12.8. The molecule has 0 amide bonds. The molecule has 2 fully saturated rings. The minimum atomic E-state index is 0.610. The number of rotatable bonds is 5. The average molecular weight is 251 g/mol. The van der Waals surface area contributed by atoms with Gasteiger partial charge in [-0.3, -0.25) is 0 Å². The molecule has 0 spiro atoms. The van der Waals surface area contributed by atoms with E-state index < -0.39 is 0 Å². The summed E-state index contributed by atoms with van der Waals surface area (Å²) >= 11 is 0. The van der Waals surface area contributed by atoms with Gasteiger partial charge in [0.25, 0.3) is 0 Å². The summed E-state index contributed by atoms with van der Waals surface area (Å²) < 4.78 is 0. The quantitative estimate of drug-likeness (QED) is 0.732. The smallest absolute Gasteiger partial charge is 0.00674 e. The molecule has 18 heavy (non-hydrogen) atoms. The van der Waals surface area contributed by atoms with E-state index in [4.69, 9.17) is 0 Å². The summed E-state index contributed by atoms with van der Waals surface area (Å²) in [6, 6.07) is 0.830. The van der Waals surface area contributed by atoms with E-state index in [2.05, 4.69) is 19.2 Å². The Hall–Kier alpha value is -0.0400. The standard InChI is InChI=1S/C17H33N/c1-3-7-15-8-10-16(11-9-15)18-14-17(2)12-5-4-6-13-17/h15-16,18H,3-14H2,1-2H3. The molecular weight excluding hydrogens is 218 g/mol. The van der Waals surface area contributed by atoms with E-state index in [1.807, 2.05) is 0 Å². The van der Waals surface area contributed by atoms with E-state index in [1.165, 1.54) is 77.2 Å². The molecular formula is C17H33N. The van der Waals surface area contributed by atoms with Crippen molar-refractivity contribution in [1.29, 1.82) is 0 Å². The van der Waals surface area contributed by atoms with E-state index in [1.54, 1.807) is 0 Å². The Bertz CT molecular complexity index is 222. The molecule has 0 bridgehead atoms. The highest BCUT2D eigenvalue weighted by atomic mass is 14.9. The van der Waals surface area contributed by atoms with Gasteiger partial charge in [-0.2, -0.15) is 0 Å². The van der Waals surface area contributed by atoms with Crippen molar-refractivity contribution >= 4 is 0 Å². The van der Waals surface area contributed by atoms with Gasteiger partial charge in [-0.25, -0.2) is 0 Å². The normalized spacial score (nSPS) is 32.3. The molecule has 0 aromatic rings. The van der Waals surface area contributed by atoms with E-state index in [9.17, 15) is 0 Å². The third-order valence-electron chi connectivity index (χ3n) is 5.42. The van der Waals surface area contributed by atoms with Gasteiger partial charge in [0, 0.05) is 12.6 Å². The molecule has 0 heterocycles. The fourth-order valence-electron chi connectivity index (χ4n) is 4.04. The summed E-state index contributed by atoms with van der Waals surface area (Å²) in [7, 11) is 0. The van der Waals surface area contributed by atoms with Crippen LogP contribution in [-0.2, 0) is 0 Å². The number of nitrogens with one attached hydrogen (secondary N) is 1. The van der Waals surface area contributed by atoms with Crippen LogP contribution in [0.2, 0.25) is 0 Å². The van der Waals surface area contributed by atoms with Gasteiger partial charge in [0.1, 0.15) is 0 Å². The first-order chi connectivity index (χ1) is 8.72. The summed E-state index contributed by atoms with van der Waals surface area (Å²) in [5, 5.41) is 3.89. The highest BCUT2D eigenvalue weighted by Gasteiger charge is 2.28. The summed E-state index contributed by atoms with van der Waals surface area (Å²) in [4.78, 5) is 0. The fourth-order valence-corrected chi connectivity index (χ4v) is 4.04. The van der Waals surface area contributed by atoms with Crippen molar-refractivity contribution in [2.45, 2.75) is 90.5 Å². The van der Waals surface area contributed by atoms with Crippen molar-refractivity contribution in [3.8, 4) is 0 Å². The van der Waals surface area contributed by atoms with Crippen molar-refractivity contribution in [2.75, 3.05) is 6.54 Å². The lowest BCUT2D eigenvalue weighted by molar-refractivity contribution is 0.185. The molecule has 0 saturated heterocycles. The zero-order valence-corrected chi connectivity index (χ0v) is 12.6. The zero-order valence-electron chi connectivity index (χ0n) is 12.6. The third-order valence-corrected chi connectivity index (χ3v) is 5.42. The Morgan fingerprint density at radius 3 is 2.28 bits per heavy atom. The summed E-state index contributed by atoms with van der Waals surface area (Å²) in [5.74, 6) is 1.04.